The van der Waals surface area contributed by atoms with Gasteiger partial charge in [0.25, 0.3) is 5.91 Å². The molecule has 23 heavy (non-hydrogen) atoms. The average molecular weight is 326 g/mol. The average Bonchev–Trinajstić information content (AvgIpc) is 3.28. The minimum atomic E-state index is -0.538. The number of amides is 1. The molecule has 0 N–H and O–H groups in total. The van der Waals surface area contributed by atoms with Crippen molar-refractivity contribution in [1.29, 1.82) is 5.26 Å². The summed E-state index contributed by atoms with van der Waals surface area (Å²) in [4.78, 5) is 15.9. The highest BCUT2D eigenvalue weighted by Crippen LogP contribution is 2.30. The Morgan fingerprint density at radius 2 is 2.13 bits per heavy atom. The lowest BCUT2D eigenvalue weighted by Crippen LogP contribution is -2.41. The second-order valence-electron chi connectivity index (χ2n) is 5.67. The van der Waals surface area contributed by atoms with E-state index in [4.69, 9.17) is 10.00 Å². The molecule has 1 saturated carbocycles. The van der Waals surface area contributed by atoms with Crippen LogP contribution in [-0.4, -0.2) is 23.0 Å². The number of rotatable bonds is 6. The molecular formula is C18H18N2O2S. The summed E-state index contributed by atoms with van der Waals surface area (Å²) in [5.74, 6) is 0.627. The number of hydrogen-bond donors (Lipinski definition) is 0. The van der Waals surface area contributed by atoms with Crippen molar-refractivity contribution in [2.24, 2.45) is 0 Å². The summed E-state index contributed by atoms with van der Waals surface area (Å²) in [7, 11) is 0. The van der Waals surface area contributed by atoms with E-state index in [9.17, 15) is 4.79 Å². The van der Waals surface area contributed by atoms with E-state index >= 15 is 0 Å². The van der Waals surface area contributed by atoms with Crippen molar-refractivity contribution in [1.82, 2.24) is 4.90 Å². The highest BCUT2D eigenvalue weighted by atomic mass is 32.1. The lowest BCUT2D eigenvalue weighted by molar-refractivity contribution is -0.139. The Morgan fingerprint density at radius 1 is 1.39 bits per heavy atom. The molecule has 1 aromatic carbocycles. The van der Waals surface area contributed by atoms with Gasteiger partial charge in [-0.2, -0.15) is 5.26 Å². The van der Waals surface area contributed by atoms with Gasteiger partial charge in [-0.15, -0.1) is 11.3 Å². The highest BCUT2D eigenvalue weighted by Gasteiger charge is 2.35. The van der Waals surface area contributed by atoms with Gasteiger partial charge in [0.2, 0.25) is 0 Å². The first kappa shape index (κ1) is 15.6. The molecular weight excluding hydrogens is 308 g/mol. The Labute approximate surface area is 139 Å². The third kappa shape index (κ3) is 3.91. The zero-order valence-corrected chi connectivity index (χ0v) is 13.8. The van der Waals surface area contributed by atoms with Crippen LogP contribution in [0.5, 0.6) is 5.75 Å². The number of ether oxygens (including phenoxy) is 1. The van der Waals surface area contributed by atoms with Crippen LogP contribution in [0.1, 0.15) is 30.2 Å². The summed E-state index contributed by atoms with van der Waals surface area (Å²) in [6.07, 6.45) is 1.60. The first-order chi connectivity index (χ1) is 11.2. The van der Waals surface area contributed by atoms with Gasteiger partial charge in [0.1, 0.15) is 5.75 Å². The molecule has 2 aromatic rings. The largest absolute Gasteiger partial charge is 0.481 e. The molecule has 0 bridgehead atoms. The molecule has 1 aromatic heterocycles. The van der Waals surface area contributed by atoms with Crippen LogP contribution in [0.2, 0.25) is 0 Å². The van der Waals surface area contributed by atoms with Crippen molar-refractivity contribution >= 4 is 17.2 Å². The van der Waals surface area contributed by atoms with Crippen LogP contribution in [0.15, 0.2) is 41.8 Å². The topological polar surface area (TPSA) is 53.3 Å². The minimum absolute atomic E-state index is 0.0188. The van der Waals surface area contributed by atoms with Crippen molar-refractivity contribution in [3.8, 4) is 11.8 Å². The molecule has 0 radical (unpaired) electrons. The predicted octanol–water partition coefficient (Wildman–Crippen LogP) is 3.58. The number of carbonyl (C=O) groups is 1. The van der Waals surface area contributed by atoms with E-state index in [1.54, 1.807) is 42.5 Å². The van der Waals surface area contributed by atoms with Gasteiger partial charge < -0.3 is 9.64 Å². The maximum Gasteiger partial charge on any atom is 0.263 e. The first-order valence-corrected chi connectivity index (χ1v) is 8.55. The summed E-state index contributed by atoms with van der Waals surface area (Å²) < 4.78 is 5.76. The number of benzene rings is 1. The molecule has 5 heteroatoms. The second kappa shape index (κ2) is 6.84. The van der Waals surface area contributed by atoms with Gasteiger partial charge in [-0.1, -0.05) is 6.07 Å². The molecule has 1 fully saturated rings. The van der Waals surface area contributed by atoms with Crippen LogP contribution in [0.25, 0.3) is 0 Å². The Hall–Kier alpha value is -2.32. The van der Waals surface area contributed by atoms with Gasteiger partial charge in [0.15, 0.2) is 6.10 Å². The Morgan fingerprint density at radius 3 is 2.70 bits per heavy atom. The molecule has 1 unspecified atom stereocenters. The Balaban J connectivity index is 1.65. The van der Waals surface area contributed by atoms with Crippen LogP contribution in [0.3, 0.4) is 0 Å². The standard InChI is InChI=1S/C18H18N2O2S/c1-13(22-16-8-4-14(11-19)5-9-16)18(21)20(15-6-7-15)12-17-3-2-10-23-17/h2-5,8-10,13,15H,6-7,12H2,1H3. The number of carbonyl (C=O) groups excluding carboxylic acids is 1. The van der Waals surface area contributed by atoms with Crippen LogP contribution in [-0.2, 0) is 11.3 Å². The van der Waals surface area contributed by atoms with E-state index < -0.39 is 6.10 Å². The van der Waals surface area contributed by atoms with Crippen molar-refractivity contribution in [2.75, 3.05) is 0 Å². The van der Waals surface area contributed by atoms with E-state index in [1.165, 1.54) is 4.88 Å². The van der Waals surface area contributed by atoms with Crippen LogP contribution in [0.4, 0.5) is 0 Å². The van der Waals surface area contributed by atoms with Crippen LogP contribution in [0, 0.1) is 11.3 Å². The quantitative estimate of drug-likeness (QED) is 0.815. The maximum atomic E-state index is 12.7. The van der Waals surface area contributed by atoms with E-state index in [-0.39, 0.29) is 5.91 Å². The monoisotopic (exact) mass is 326 g/mol. The predicted molar refractivity (Wildman–Crippen MR) is 89.1 cm³/mol. The fourth-order valence-electron chi connectivity index (χ4n) is 2.44. The third-order valence-corrected chi connectivity index (χ3v) is 4.68. The van der Waals surface area contributed by atoms with E-state index in [1.807, 2.05) is 16.3 Å². The van der Waals surface area contributed by atoms with Crippen molar-refractivity contribution < 1.29 is 9.53 Å². The fourth-order valence-corrected chi connectivity index (χ4v) is 3.14. The molecule has 1 amide bonds. The van der Waals surface area contributed by atoms with Gasteiger partial charge in [-0.25, -0.2) is 0 Å². The summed E-state index contributed by atoms with van der Waals surface area (Å²) in [5, 5.41) is 10.8. The summed E-state index contributed by atoms with van der Waals surface area (Å²) in [6.45, 7) is 2.44. The molecule has 3 rings (SSSR count). The van der Waals surface area contributed by atoms with Crippen molar-refractivity contribution in [2.45, 2.75) is 38.5 Å². The van der Waals surface area contributed by atoms with E-state index in [2.05, 4.69) is 12.1 Å². The van der Waals surface area contributed by atoms with Gasteiger partial charge >= 0.3 is 0 Å². The highest BCUT2D eigenvalue weighted by molar-refractivity contribution is 7.09. The Kier molecular flexibility index (Phi) is 4.63. The van der Waals surface area contributed by atoms with Crippen molar-refractivity contribution in [3.63, 3.8) is 0 Å². The van der Waals surface area contributed by atoms with E-state index in [0.29, 0.717) is 23.9 Å². The number of hydrogen-bond acceptors (Lipinski definition) is 4. The smallest absolute Gasteiger partial charge is 0.263 e. The second-order valence-corrected chi connectivity index (χ2v) is 6.71. The van der Waals surface area contributed by atoms with Crippen LogP contribution < -0.4 is 4.74 Å². The van der Waals surface area contributed by atoms with Gasteiger partial charge in [0.05, 0.1) is 18.2 Å². The molecule has 1 atom stereocenters. The van der Waals surface area contributed by atoms with Crippen molar-refractivity contribution in [3.05, 3.63) is 52.2 Å². The maximum absolute atomic E-state index is 12.7. The lowest BCUT2D eigenvalue weighted by Gasteiger charge is -2.25. The van der Waals surface area contributed by atoms with Gasteiger partial charge in [-0.3, -0.25) is 4.79 Å². The zero-order valence-electron chi connectivity index (χ0n) is 12.9. The number of nitrogens with zero attached hydrogens (tertiary/aromatic N) is 2. The third-order valence-electron chi connectivity index (χ3n) is 3.82. The summed E-state index contributed by atoms with van der Waals surface area (Å²) in [5.41, 5.74) is 0.577. The molecule has 1 heterocycles. The van der Waals surface area contributed by atoms with Gasteiger partial charge in [-0.05, 0) is 55.5 Å². The number of thiophene rings is 1. The lowest BCUT2D eigenvalue weighted by atomic mass is 10.2. The number of nitriles is 1. The Bertz CT molecular complexity index is 700. The zero-order chi connectivity index (χ0) is 16.2. The fraction of sp³-hybridized carbons (Fsp3) is 0.333. The molecule has 1 aliphatic rings. The molecule has 0 saturated heterocycles. The first-order valence-electron chi connectivity index (χ1n) is 7.67. The molecule has 0 aliphatic heterocycles. The van der Waals surface area contributed by atoms with Crippen LogP contribution >= 0.6 is 11.3 Å². The van der Waals surface area contributed by atoms with E-state index in [0.717, 1.165) is 12.8 Å². The van der Waals surface area contributed by atoms with Gasteiger partial charge in [0, 0.05) is 10.9 Å². The minimum Gasteiger partial charge on any atom is -0.481 e. The summed E-state index contributed by atoms with van der Waals surface area (Å²) in [6, 6.07) is 13.3. The molecule has 118 valence electrons. The molecule has 4 nitrogen and oxygen atoms in total. The molecule has 1 aliphatic carbocycles. The normalized spacial score (nSPS) is 14.8. The molecule has 0 spiro atoms. The SMILES string of the molecule is CC(Oc1ccc(C#N)cc1)C(=O)N(Cc1cccs1)C1CC1. The summed E-state index contributed by atoms with van der Waals surface area (Å²) >= 11 is 1.67.